The van der Waals surface area contributed by atoms with E-state index in [2.05, 4.69) is 185 Å². The summed E-state index contributed by atoms with van der Waals surface area (Å²) in [5.74, 6) is 4.86. The summed E-state index contributed by atoms with van der Waals surface area (Å²) in [6.45, 7) is 0. The molecule has 0 unspecified atom stereocenters. The van der Waals surface area contributed by atoms with Crippen molar-refractivity contribution < 1.29 is 20.1 Å². The van der Waals surface area contributed by atoms with Crippen LogP contribution in [0.25, 0.3) is 135 Å². The Labute approximate surface area is 788 Å². The van der Waals surface area contributed by atoms with E-state index in [-0.39, 0.29) is 5.28 Å². The second-order valence-corrected chi connectivity index (χ2v) is 33.8. The van der Waals surface area contributed by atoms with E-state index in [0.717, 1.165) is 85.0 Å². The van der Waals surface area contributed by atoms with Crippen LogP contribution in [0.4, 0.5) is 0 Å². The maximum Gasteiger partial charge on any atom is 0.488 e. The Balaban J connectivity index is 0.000000124. The molecule has 3 heterocycles. The fraction of sp³-hybridized carbons (Fsp3) is 0.00980. The molecule has 1 aliphatic rings. The molecule has 0 aliphatic heterocycles. The molecule has 0 atom stereocenters. The highest BCUT2D eigenvalue weighted by Crippen LogP contribution is 2.45. The highest BCUT2D eigenvalue weighted by atomic mass is 79.9. The molecule has 0 fully saturated rings. The monoisotopic (exact) mass is 2000 g/mol. The molecule has 24 heteroatoms. The number of rotatable bonds is 11. The molecule has 4 N–H and O–H groups in total. The molecule has 0 bridgehead atoms. The van der Waals surface area contributed by atoms with E-state index in [4.69, 9.17) is 93.1 Å². The van der Waals surface area contributed by atoms with Crippen LogP contribution in [-0.2, 0) is 6.42 Å². The van der Waals surface area contributed by atoms with E-state index < -0.39 is 14.2 Å². The van der Waals surface area contributed by atoms with Gasteiger partial charge in [0.05, 0.1) is 0 Å². The lowest BCUT2D eigenvalue weighted by molar-refractivity contribution is 0.424. The van der Waals surface area contributed by atoms with E-state index in [0.29, 0.717) is 72.6 Å². The van der Waals surface area contributed by atoms with E-state index in [1.165, 1.54) is 49.9 Å². The fourth-order valence-corrected chi connectivity index (χ4v) is 17.4. The molecule has 3 aromatic heterocycles. The molecule has 616 valence electrons. The molecule has 0 radical (unpaired) electrons. The van der Waals surface area contributed by atoms with Gasteiger partial charge < -0.3 is 20.1 Å². The van der Waals surface area contributed by atoms with Crippen molar-refractivity contribution in [1.29, 1.82) is 0 Å². The first kappa shape index (κ1) is 90.6. The van der Waals surface area contributed by atoms with Gasteiger partial charge in [-0.15, -0.1) is 0 Å². The summed E-state index contributed by atoms with van der Waals surface area (Å²) in [5, 5.41) is 42.7. The van der Waals surface area contributed by atoms with Crippen molar-refractivity contribution in [1.82, 2.24) is 44.9 Å². The highest BCUT2D eigenvalue weighted by molar-refractivity contribution is 9.11. The van der Waals surface area contributed by atoms with E-state index in [9.17, 15) is 0 Å². The minimum atomic E-state index is -1.47. The predicted octanol–water partition coefficient (Wildman–Crippen LogP) is 26.9. The summed E-state index contributed by atoms with van der Waals surface area (Å²) in [7, 11) is -2.81. The molecule has 16 aromatic carbocycles. The fourth-order valence-electron chi connectivity index (χ4n) is 13.5. The van der Waals surface area contributed by atoms with Crippen molar-refractivity contribution in [2.75, 3.05) is 0 Å². The summed E-state index contributed by atoms with van der Waals surface area (Å²) in [5.41, 5.74) is 16.1. The lowest BCUT2D eigenvalue weighted by Gasteiger charge is -2.10. The van der Waals surface area contributed by atoms with Crippen LogP contribution in [0.3, 0.4) is 0 Å². The van der Waals surface area contributed by atoms with Crippen LogP contribution in [0.15, 0.2) is 406 Å². The van der Waals surface area contributed by atoms with Gasteiger partial charge in [-0.1, -0.05) is 426 Å². The third-order valence-electron chi connectivity index (χ3n) is 19.2. The zero-order chi connectivity index (χ0) is 87.8. The van der Waals surface area contributed by atoms with Crippen molar-refractivity contribution in [2.45, 2.75) is 6.42 Å². The summed E-state index contributed by atoms with van der Waals surface area (Å²) >= 11 is 43.3. The van der Waals surface area contributed by atoms with Gasteiger partial charge in [0.15, 0.2) is 46.6 Å². The van der Waals surface area contributed by atoms with Crippen molar-refractivity contribution in [3.05, 3.63) is 443 Å². The minimum absolute atomic E-state index is 0.202. The average Bonchev–Trinajstić information content (AvgIpc) is 1.58. The average molecular weight is 2000 g/mol. The quantitative estimate of drug-likeness (QED) is 0.0894. The summed E-state index contributed by atoms with van der Waals surface area (Å²) < 4.78 is 3.58. The largest absolute Gasteiger partial charge is 0.488 e. The predicted molar refractivity (Wildman–Crippen MR) is 533 cm³/mol. The Kier molecular flexibility index (Phi) is 32.0. The van der Waals surface area contributed by atoms with Gasteiger partial charge in [-0.2, -0.15) is 9.97 Å². The number of aromatic nitrogens is 9. The van der Waals surface area contributed by atoms with Crippen molar-refractivity contribution >= 4 is 168 Å². The highest BCUT2D eigenvalue weighted by Gasteiger charge is 2.24. The number of halogens is 9. The second kappa shape index (κ2) is 44.5. The number of hydrogen-bond acceptors (Lipinski definition) is 13. The third kappa shape index (κ3) is 25.0. The van der Waals surface area contributed by atoms with Crippen LogP contribution in [0, 0.1) is 0 Å². The molecule has 0 amide bonds. The Morgan fingerprint density at radius 1 is 0.214 bits per heavy atom. The van der Waals surface area contributed by atoms with Gasteiger partial charge >= 0.3 is 14.2 Å². The van der Waals surface area contributed by atoms with Crippen LogP contribution in [0.2, 0.25) is 25.4 Å². The maximum atomic E-state index is 8.75. The lowest BCUT2D eigenvalue weighted by Crippen LogP contribution is -2.29. The Bertz CT molecular complexity index is 6550. The third-order valence-corrected chi connectivity index (χ3v) is 22.1. The van der Waals surface area contributed by atoms with Gasteiger partial charge in [0.2, 0.25) is 5.28 Å². The lowest BCUT2D eigenvalue weighted by atomic mass is 9.80. The van der Waals surface area contributed by atoms with Gasteiger partial charge in [0.1, 0.15) is 0 Å². The van der Waals surface area contributed by atoms with Crippen LogP contribution in [0.5, 0.6) is 0 Å². The molecule has 19 aromatic rings. The van der Waals surface area contributed by atoms with Gasteiger partial charge in [-0.25, -0.2) is 34.9 Å². The van der Waals surface area contributed by atoms with Crippen LogP contribution in [-0.4, -0.2) is 79.2 Å². The molecule has 13 nitrogen and oxygen atoms in total. The van der Waals surface area contributed by atoms with Crippen LogP contribution >= 0.6 is 122 Å². The van der Waals surface area contributed by atoms with Gasteiger partial charge in [0.25, 0.3) is 0 Å². The van der Waals surface area contributed by atoms with Crippen LogP contribution < -0.4 is 10.9 Å². The Morgan fingerprint density at radius 2 is 0.476 bits per heavy atom. The summed E-state index contributed by atoms with van der Waals surface area (Å²) in [6.07, 6.45) is 1.06. The molecule has 0 saturated carbocycles. The van der Waals surface area contributed by atoms with E-state index in [1.54, 1.807) is 36.4 Å². The number of nitrogens with zero attached hydrogens (tertiary/aromatic N) is 9. The zero-order valence-corrected chi connectivity index (χ0v) is 76.7. The van der Waals surface area contributed by atoms with Crippen molar-refractivity contribution in [3.8, 4) is 113 Å². The molecule has 126 heavy (non-hydrogen) atoms. The normalized spacial score (nSPS) is 10.7. The molecule has 0 saturated heterocycles. The molecule has 1 aliphatic carbocycles. The smallest absolute Gasteiger partial charge is 0.423 e. The molecular weight excluding hydrogens is 1930 g/mol. The van der Waals surface area contributed by atoms with Gasteiger partial charge in [-0.3, -0.25) is 0 Å². The van der Waals surface area contributed by atoms with Crippen LogP contribution in [0.1, 0.15) is 11.1 Å². The van der Waals surface area contributed by atoms with Crippen molar-refractivity contribution in [2.24, 2.45) is 0 Å². The van der Waals surface area contributed by atoms with Gasteiger partial charge in [0, 0.05) is 82.5 Å². The second-order valence-electron chi connectivity index (χ2n) is 28.1. The van der Waals surface area contributed by atoms with Gasteiger partial charge in [-0.05, 0) is 157 Å². The Hall–Kier alpha value is -11.6. The minimum Gasteiger partial charge on any atom is -0.423 e. The first-order valence-corrected chi connectivity index (χ1v) is 44.3. The summed E-state index contributed by atoms with van der Waals surface area (Å²) in [6, 6.07) is 126. The standard InChI is InChI=1S/C27H18ClN3.C21H13BrClN3.C21H14.C15H10ClN3.C6H5BBrClO2.C6H7BO2.C6H3Br2Cl/c28-24-17-22(19-10-4-1-5-11-19)16-23(18-24)27-30-25(20-12-6-2-7-13-20)29-26(31-27)21-14-8-3-9-15-21;22-17-11-16(12-18(23)13-17)21-25-19(14-7-3-1-4-8-14)24-20(26-21)15-9-5-2-6-10-15;1-3-7-18-14(5-1)9-11-16-13-17-12-10-15-6-2-4-8-19(15)21(17)20(16)18;16-15-18-13(11-7-3-1-4-8-11)17-14(19-15)12-9-5-2-6-10-12;8-5-1-4(7(10)11)2-6(9)3-5;8-7(9)6-4-2-1-3-5-6;7-4-1-5(8)3-6(9)2-4/h1-18H;1-13H;1-12H,13H2;1-10H;1-3,10-11H;1-5,8-9H;1-3H. The SMILES string of the molecule is Clc1cc(-c2ccccc2)cc(-c2nc(-c3ccccc3)nc(-c3ccccc3)n2)c1.Clc1cc(Br)cc(-c2nc(-c3ccccc3)nc(-c3ccccc3)n2)c1.Clc1cc(Br)cc(Br)c1.Clc1nc(-c2ccccc2)nc(-c2ccccc2)n1.OB(O)c1cc(Cl)cc(Br)c1.OB(O)c1ccccc1.c1ccc2c3c(ccc2c1)Cc1ccc2ccccc2c1-3. The van der Waals surface area contributed by atoms with Crippen molar-refractivity contribution in [3.63, 3.8) is 0 Å². The molecule has 0 spiro atoms. The van der Waals surface area contributed by atoms with E-state index in [1.807, 2.05) is 255 Å². The number of fused-ring (bicyclic) bond motifs is 7. The molecule has 20 rings (SSSR count). The first-order valence-electron chi connectivity index (χ1n) is 39.2. The summed E-state index contributed by atoms with van der Waals surface area (Å²) in [4.78, 5) is 41.2. The maximum absolute atomic E-state index is 8.75. The topological polar surface area (TPSA) is 197 Å². The Morgan fingerprint density at radius 3 is 0.802 bits per heavy atom. The first-order chi connectivity index (χ1) is 61.3. The van der Waals surface area contributed by atoms with E-state index >= 15 is 0 Å². The zero-order valence-electron chi connectivity index (χ0n) is 66.5. The number of hydrogen-bond donors (Lipinski definition) is 4. The number of benzene rings is 16. The molecular formula is C102H70B2Br4Cl5N9O4.